The second-order valence-corrected chi connectivity index (χ2v) is 7.30. The number of carbonyl (C=O) groups excluding carboxylic acids is 1. The van der Waals surface area contributed by atoms with E-state index in [0.29, 0.717) is 12.3 Å². The number of hydrogen-bond acceptors (Lipinski definition) is 3. The monoisotopic (exact) mass is 319 g/mol. The average molecular weight is 319 g/mol. The third-order valence-corrected chi connectivity index (χ3v) is 5.08. The number of aliphatic hydroxyl groups excluding tert-OH is 1. The minimum atomic E-state index is -1.33. The van der Waals surface area contributed by atoms with Crippen LogP contribution in [0.15, 0.2) is 30.3 Å². The molecule has 0 radical (unpaired) electrons. The maximum Gasteiger partial charge on any atom is 0.252 e. The topological polar surface area (TPSA) is 69.6 Å². The lowest BCUT2D eigenvalue weighted by molar-refractivity contribution is -0.156. The largest absolute Gasteiger partial charge is 0.387 e. The Morgan fingerprint density at radius 2 is 1.96 bits per heavy atom. The Hall–Kier alpha value is -1.39. The van der Waals surface area contributed by atoms with Crippen LogP contribution in [0.2, 0.25) is 0 Å². The molecule has 2 rings (SSSR count). The van der Waals surface area contributed by atoms with E-state index < -0.39 is 11.7 Å². The first-order valence-electron chi connectivity index (χ1n) is 8.58. The molecule has 4 heteroatoms. The molecule has 0 aromatic heterocycles. The van der Waals surface area contributed by atoms with E-state index in [2.05, 4.69) is 26.1 Å². The summed E-state index contributed by atoms with van der Waals surface area (Å²) in [5, 5.41) is 24.0. The van der Waals surface area contributed by atoms with Gasteiger partial charge < -0.3 is 15.5 Å². The maximum atomic E-state index is 12.6. The molecule has 4 nitrogen and oxygen atoms in total. The van der Waals surface area contributed by atoms with Gasteiger partial charge in [-0.2, -0.15) is 0 Å². The minimum Gasteiger partial charge on any atom is -0.387 e. The molecule has 0 spiro atoms. The Morgan fingerprint density at radius 3 is 2.57 bits per heavy atom. The van der Waals surface area contributed by atoms with Crippen molar-refractivity contribution < 1.29 is 15.0 Å². The van der Waals surface area contributed by atoms with Crippen LogP contribution in [0.4, 0.5) is 0 Å². The van der Waals surface area contributed by atoms with Gasteiger partial charge in [0.25, 0.3) is 5.91 Å². The third kappa shape index (κ3) is 4.12. The molecule has 1 aromatic carbocycles. The molecule has 0 unspecified atom stereocenters. The smallest absolute Gasteiger partial charge is 0.252 e. The van der Waals surface area contributed by atoms with Gasteiger partial charge in [-0.15, -0.1) is 0 Å². The number of nitrogens with one attached hydrogen (secondary N) is 1. The Bertz CT molecular complexity index is 517. The number of aliphatic hydroxyl groups is 2. The molecule has 1 aromatic rings. The van der Waals surface area contributed by atoms with Crippen molar-refractivity contribution >= 4 is 5.91 Å². The van der Waals surface area contributed by atoms with Gasteiger partial charge in [0.2, 0.25) is 0 Å². The van der Waals surface area contributed by atoms with Gasteiger partial charge in [0.1, 0.15) is 5.60 Å². The minimum absolute atomic E-state index is 0.0347. The van der Waals surface area contributed by atoms with Gasteiger partial charge in [-0.3, -0.25) is 4.79 Å². The second-order valence-electron chi connectivity index (χ2n) is 7.30. The van der Waals surface area contributed by atoms with E-state index in [-0.39, 0.29) is 24.3 Å². The zero-order valence-electron chi connectivity index (χ0n) is 14.3. The second kappa shape index (κ2) is 7.45. The molecule has 0 saturated heterocycles. The highest BCUT2D eigenvalue weighted by molar-refractivity contribution is 5.85. The number of rotatable bonds is 5. The SMILES string of the molecule is CC(C)[C@@H]1CC[C@@H](C)C[C@@]1(O)C(=O)NC[C@@H](O)c1ccccc1. The van der Waals surface area contributed by atoms with Crippen molar-refractivity contribution in [3.63, 3.8) is 0 Å². The summed E-state index contributed by atoms with van der Waals surface area (Å²) in [6.07, 6.45) is 1.64. The molecule has 0 aliphatic heterocycles. The van der Waals surface area contributed by atoms with Crippen molar-refractivity contribution in [1.82, 2.24) is 5.32 Å². The van der Waals surface area contributed by atoms with E-state index in [0.717, 1.165) is 18.4 Å². The molecule has 1 fully saturated rings. The van der Waals surface area contributed by atoms with E-state index in [1.807, 2.05) is 30.3 Å². The van der Waals surface area contributed by atoms with Crippen LogP contribution in [0.25, 0.3) is 0 Å². The molecular weight excluding hydrogens is 290 g/mol. The molecule has 3 N–H and O–H groups in total. The number of amides is 1. The fourth-order valence-corrected chi connectivity index (χ4v) is 3.77. The van der Waals surface area contributed by atoms with Gasteiger partial charge in [-0.1, -0.05) is 57.5 Å². The van der Waals surface area contributed by atoms with Crippen molar-refractivity contribution in [1.29, 1.82) is 0 Å². The lowest BCUT2D eigenvalue weighted by atomic mass is 9.66. The quantitative estimate of drug-likeness (QED) is 0.781. The molecular formula is C19H29NO3. The lowest BCUT2D eigenvalue weighted by Crippen LogP contribution is -2.56. The maximum absolute atomic E-state index is 12.6. The third-order valence-electron chi connectivity index (χ3n) is 5.08. The van der Waals surface area contributed by atoms with E-state index >= 15 is 0 Å². The zero-order chi connectivity index (χ0) is 17.0. The van der Waals surface area contributed by atoms with Gasteiger partial charge >= 0.3 is 0 Å². The molecule has 1 amide bonds. The first-order chi connectivity index (χ1) is 10.8. The Kier molecular flexibility index (Phi) is 5.82. The predicted octanol–water partition coefficient (Wildman–Crippen LogP) is 2.66. The molecule has 1 aliphatic rings. The van der Waals surface area contributed by atoms with Crippen molar-refractivity contribution in [2.24, 2.45) is 17.8 Å². The molecule has 0 bridgehead atoms. The molecule has 4 atom stereocenters. The fraction of sp³-hybridized carbons (Fsp3) is 0.632. The van der Waals surface area contributed by atoms with Crippen LogP contribution in [0.3, 0.4) is 0 Å². The Morgan fingerprint density at radius 1 is 1.30 bits per heavy atom. The standard InChI is InChI=1S/C19H29NO3/c1-13(2)16-10-9-14(3)11-19(16,23)18(22)20-12-17(21)15-7-5-4-6-8-15/h4-8,13-14,16-17,21,23H,9-12H2,1-3H3,(H,20,22)/t14-,16+,17-,19+/m1/s1. The van der Waals surface area contributed by atoms with Gasteiger partial charge in [0.05, 0.1) is 6.10 Å². The van der Waals surface area contributed by atoms with E-state index in [4.69, 9.17) is 0 Å². The van der Waals surface area contributed by atoms with Gasteiger partial charge in [-0.25, -0.2) is 0 Å². The molecule has 128 valence electrons. The number of hydrogen-bond donors (Lipinski definition) is 3. The van der Waals surface area contributed by atoms with Crippen LogP contribution >= 0.6 is 0 Å². The Balaban J connectivity index is 2.02. The van der Waals surface area contributed by atoms with Gasteiger partial charge in [-0.05, 0) is 36.2 Å². The van der Waals surface area contributed by atoms with E-state index in [1.54, 1.807) is 0 Å². The average Bonchev–Trinajstić information content (AvgIpc) is 2.52. The first-order valence-corrected chi connectivity index (χ1v) is 8.58. The summed E-state index contributed by atoms with van der Waals surface area (Å²) < 4.78 is 0. The van der Waals surface area contributed by atoms with Crippen LogP contribution in [-0.2, 0) is 4.79 Å². The summed E-state index contributed by atoms with van der Waals surface area (Å²) in [6.45, 7) is 6.30. The van der Waals surface area contributed by atoms with E-state index in [9.17, 15) is 15.0 Å². The summed E-state index contributed by atoms with van der Waals surface area (Å²) in [5.41, 5.74) is -0.570. The highest BCUT2D eigenvalue weighted by Gasteiger charge is 2.48. The lowest BCUT2D eigenvalue weighted by Gasteiger charge is -2.43. The molecule has 1 saturated carbocycles. The van der Waals surface area contributed by atoms with Crippen LogP contribution in [0.5, 0.6) is 0 Å². The van der Waals surface area contributed by atoms with Crippen molar-refractivity contribution in [2.45, 2.75) is 51.7 Å². The normalized spacial score (nSPS) is 29.3. The summed E-state index contributed by atoms with van der Waals surface area (Å²) in [7, 11) is 0. The summed E-state index contributed by atoms with van der Waals surface area (Å²) in [4.78, 5) is 12.6. The van der Waals surface area contributed by atoms with Crippen molar-refractivity contribution in [2.75, 3.05) is 6.54 Å². The molecule has 23 heavy (non-hydrogen) atoms. The first kappa shape index (κ1) is 18.0. The zero-order valence-corrected chi connectivity index (χ0v) is 14.3. The van der Waals surface area contributed by atoms with Gasteiger partial charge in [0.15, 0.2) is 0 Å². The van der Waals surface area contributed by atoms with Crippen molar-refractivity contribution in [3.8, 4) is 0 Å². The van der Waals surface area contributed by atoms with E-state index in [1.165, 1.54) is 0 Å². The van der Waals surface area contributed by atoms with Crippen LogP contribution in [0.1, 0.15) is 51.7 Å². The van der Waals surface area contributed by atoms with Crippen molar-refractivity contribution in [3.05, 3.63) is 35.9 Å². The number of carbonyl (C=O) groups is 1. The summed E-state index contributed by atoms with van der Waals surface area (Å²) >= 11 is 0. The Labute approximate surface area is 138 Å². The summed E-state index contributed by atoms with van der Waals surface area (Å²) in [5.74, 6) is 0.197. The summed E-state index contributed by atoms with van der Waals surface area (Å²) in [6, 6.07) is 9.24. The highest BCUT2D eigenvalue weighted by Crippen LogP contribution is 2.41. The highest BCUT2D eigenvalue weighted by atomic mass is 16.3. The predicted molar refractivity (Wildman–Crippen MR) is 90.7 cm³/mol. The van der Waals surface area contributed by atoms with Crippen LogP contribution < -0.4 is 5.32 Å². The molecule has 1 aliphatic carbocycles. The van der Waals surface area contributed by atoms with Crippen LogP contribution in [-0.4, -0.2) is 28.3 Å². The fourth-order valence-electron chi connectivity index (χ4n) is 3.77. The van der Waals surface area contributed by atoms with Crippen LogP contribution in [0, 0.1) is 17.8 Å². The van der Waals surface area contributed by atoms with Gasteiger partial charge in [0, 0.05) is 6.54 Å². The molecule has 0 heterocycles. The number of benzene rings is 1.